The minimum Gasteiger partial charge on any atom is -0.376 e. The number of rotatable bonds is 6. The highest BCUT2D eigenvalue weighted by Gasteiger charge is 2.26. The molecule has 2 aromatic carbocycles. The molecule has 2 aromatic rings. The standard InChI is InChI=1S/C24H30N2O3/c1-16-8-5-11-21(18(16)3)24(28)26(14-20-10-7-13-29-20)15-23(27)25-22-12-6-9-17(2)19(22)4/h5-6,8-9,11-12,20H,7,10,13-15H2,1-4H3,(H,25,27). The number of nitrogens with zero attached hydrogens (tertiary/aromatic N) is 1. The Kier molecular flexibility index (Phi) is 6.70. The topological polar surface area (TPSA) is 58.6 Å². The third kappa shape index (κ3) is 5.04. The predicted molar refractivity (Wildman–Crippen MR) is 115 cm³/mol. The van der Waals surface area contributed by atoms with E-state index in [0.29, 0.717) is 18.7 Å². The summed E-state index contributed by atoms with van der Waals surface area (Å²) in [6.45, 7) is 9.07. The number of aryl methyl sites for hydroxylation is 2. The van der Waals surface area contributed by atoms with E-state index in [1.54, 1.807) is 4.90 Å². The van der Waals surface area contributed by atoms with Crippen LogP contribution < -0.4 is 5.32 Å². The summed E-state index contributed by atoms with van der Waals surface area (Å²) < 4.78 is 5.73. The van der Waals surface area contributed by atoms with Gasteiger partial charge in [0, 0.05) is 24.4 Å². The molecule has 5 nitrogen and oxygen atoms in total. The van der Waals surface area contributed by atoms with Gasteiger partial charge in [-0.05, 0) is 74.9 Å². The van der Waals surface area contributed by atoms with Gasteiger partial charge in [0.2, 0.25) is 5.91 Å². The van der Waals surface area contributed by atoms with Gasteiger partial charge in [-0.2, -0.15) is 0 Å². The first-order valence-corrected chi connectivity index (χ1v) is 10.2. The van der Waals surface area contributed by atoms with Crippen LogP contribution in [0.25, 0.3) is 0 Å². The lowest BCUT2D eigenvalue weighted by atomic mass is 10.0. The Morgan fingerprint density at radius 1 is 1.03 bits per heavy atom. The van der Waals surface area contributed by atoms with Gasteiger partial charge in [-0.15, -0.1) is 0 Å². The molecular weight excluding hydrogens is 364 g/mol. The molecule has 0 bridgehead atoms. The van der Waals surface area contributed by atoms with E-state index in [9.17, 15) is 9.59 Å². The van der Waals surface area contributed by atoms with Gasteiger partial charge in [-0.1, -0.05) is 24.3 Å². The molecule has 0 radical (unpaired) electrons. The number of ether oxygens (including phenoxy) is 1. The molecule has 154 valence electrons. The molecule has 1 unspecified atom stereocenters. The Balaban J connectivity index is 1.79. The molecule has 2 amide bonds. The Labute approximate surface area is 173 Å². The maximum absolute atomic E-state index is 13.3. The van der Waals surface area contributed by atoms with Crippen LogP contribution >= 0.6 is 0 Å². The lowest BCUT2D eigenvalue weighted by Crippen LogP contribution is -2.42. The Hall–Kier alpha value is -2.66. The largest absolute Gasteiger partial charge is 0.376 e. The molecule has 0 aliphatic carbocycles. The molecular formula is C24H30N2O3. The number of anilines is 1. The van der Waals surface area contributed by atoms with E-state index in [-0.39, 0.29) is 24.5 Å². The molecule has 1 N–H and O–H groups in total. The maximum atomic E-state index is 13.3. The van der Waals surface area contributed by atoms with Crippen molar-refractivity contribution >= 4 is 17.5 Å². The van der Waals surface area contributed by atoms with E-state index in [2.05, 4.69) is 5.32 Å². The zero-order valence-corrected chi connectivity index (χ0v) is 17.7. The van der Waals surface area contributed by atoms with Crippen LogP contribution in [0.4, 0.5) is 5.69 Å². The second kappa shape index (κ2) is 9.23. The third-order valence-electron chi connectivity index (χ3n) is 5.78. The molecule has 1 fully saturated rings. The summed E-state index contributed by atoms with van der Waals surface area (Å²) in [4.78, 5) is 27.7. The number of carbonyl (C=O) groups is 2. The Morgan fingerprint density at radius 2 is 1.72 bits per heavy atom. The monoisotopic (exact) mass is 394 g/mol. The van der Waals surface area contributed by atoms with Gasteiger partial charge in [0.25, 0.3) is 5.91 Å². The van der Waals surface area contributed by atoms with Gasteiger partial charge in [0.15, 0.2) is 0 Å². The summed E-state index contributed by atoms with van der Waals surface area (Å²) in [6, 6.07) is 11.5. The second-order valence-electron chi connectivity index (χ2n) is 7.86. The van der Waals surface area contributed by atoms with Crippen molar-refractivity contribution in [1.82, 2.24) is 4.90 Å². The molecule has 1 heterocycles. The first kappa shape index (κ1) is 21.1. The van der Waals surface area contributed by atoms with Gasteiger partial charge >= 0.3 is 0 Å². The molecule has 0 spiro atoms. The second-order valence-corrected chi connectivity index (χ2v) is 7.86. The highest BCUT2D eigenvalue weighted by atomic mass is 16.5. The van der Waals surface area contributed by atoms with Crippen LogP contribution in [0.5, 0.6) is 0 Å². The van der Waals surface area contributed by atoms with Crippen LogP contribution in [0.3, 0.4) is 0 Å². The van der Waals surface area contributed by atoms with E-state index >= 15 is 0 Å². The van der Waals surface area contributed by atoms with Crippen molar-refractivity contribution in [3.63, 3.8) is 0 Å². The molecule has 29 heavy (non-hydrogen) atoms. The number of hydrogen-bond acceptors (Lipinski definition) is 3. The Morgan fingerprint density at radius 3 is 2.41 bits per heavy atom. The number of amides is 2. The van der Waals surface area contributed by atoms with Gasteiger partial charge in [-0.3, -0.25) is 9.59 Å². The maximum Gasteiger partial charge on any atom is 0.254 e. The van der Waals surface area contributed by atoms with Crippen molar-refractivity contribution in [3.8, 4) is 0 Å². The summed E-state index contributed by atoms with van der Waals surface area (Å²) in [7, 11) is 0. The quantitative estimate of drug-likeness (QED) is 0.800. The van der Waals surface area contributed by atoms with Gasteiger partial charge in [0.1, 0.15) is 6.54 Å². The zero-order chi connectivity index (χ0) is 21.0. The summed E-state index contributed by atoms with van der Waals surface area (Å²) in [6.07, 6.45) is 1.89. The van der Waals surface area contributed by atoms with E-state index in [0.717, 1.165) is 40.8 Å². The zero-order valence-electron chi connectivity index (χ0n) is 17.7. The SMILES string of the molecule is Cc1cccc(NC(=O)CN(CC2CCCO2)C(=O)c2cccc(C)c2C)c1C. The number of nitrogens with one attached hydrogen (secondary N) is 1. The lowest BCUT2D eigenvalue weighted by Gasteiger charge is -2.26. The van der Waals surface area contributed by atoms with Crippen LogP contribution in [-0.2, 0) is 9.53 Å². The van der Waals surface area contributed by atoms with Crippen molar-refractivity contribution in [2.75, 3.05) is 25.0 Å². The van der Waals surface area contributed by atoms with Crippen LogP contribution in [-0.4, -0.2) is 42.5 Å². The summed E-state index contributed by atoms with van der Waals surface area (Å²) in [5.74, 6) is -0.326. The minimum atomic E-state index is -0.199. The van der Waals surface area contributed by atoms with Crippen molar-refractivity contribution < 1.29 is 14.3 Å². The fourth-order valence-corrected chi connectivity index (χ4v) is 3.66. The fourth-order valence-electron chi connectivity index (χ4n) is 3.66. The van der Waals surface area contributed by atoms with E-state index in [1.165, 1.54) is 0 Å². The highest BCUT2D eigenvalue weighted by molar-refractivity contribution is 6.00. The molecule has 1 aliphatic rings. The minimum absolute atomic E-state index is 0.000539. The van der Waals surface area contributed by atoms with Crippen molar-refractivity contribution in [1.29, 1.82) is 0 Å². The molecule has 0 saturated carbocycles. The van der Waals surface area contributed by atoms with Crippen LogP contribution in [0.2, 0.25) is 0 Å². The number of hydrogen-bond donors (Lipinski definition) is 1. The van der Waals surface area contributed by atoms with Gasteiger partial charge in [-0.25, -0.2) is 0 Å². The molecule has 0 aromatic heterocycles. The average Bonchev–Trinajstić information content (AvgIpc) is 3.20. The first-order chi connectivity index (χ1) is 13.9. The van der Waals surface area contributed by atoms with Gasteiger partial charge < -0.3 is 15.0 Å². The summed E-state index contributed by atoms with van der Waals surface area (Å²) in [5.41, 5.74) is 5.59. The van der Waals surface area contributed by atoms with Gasteiger partial charge in [0.05, 0.1) is 6.10 Å². The first-order valence-electron chi connectivity index (χ1n) is 10.2. The normalized spacial score (nSPS) is 15.9. The third-order valence-corrected chi connectivity index (χ3v) is 5.78. The summed E-state index contributed by atoms with van der Waals surface area (Å²) >= 11 is 0. The predicted octanol–water partition coefficient (Wildman–Crippen LogP) is 4.18. The van der Waals surface area contributed by atoms with Crippen molar-refractivity contribution in [3.05, 3.63) is 64.2 Å². The Bertz CT molecular complexity index is 901. The van der Waals surface area contributed by atoms with Crippen LogP contribution in [0.1, 0.15) is 45.5 Å². The molecule has 1 atom stereocenters. The highest BCUT2D eigenvalue weighted by Crippen LogP contribution is 2.20. The molecule has 1 aliphatic heterocycles. The van der Waals surface area contributed by atoms with Crippen molar-refractivity contribution in [2.24, 2.45) is 0 Å². The average molecular weight is 395 g/mol. The number of benzene rings is 2. The van der Waals surface area contributed by atoms with E-state index in [4.69, 9.17) is 4.74 Å². The molecule has 5 heteroatoms. The van der Waals surface area contributed by atoms with Crippen LogP contribution in [0, 0.1) is 27.7 Å². The number of carbonyl (C=O) groups excluding carboxylic acids is 2. The fraction of sp³-hybridized carbons (Fsp3) is 0.417. The smallest absolute Gasteiger partial charge is 0.254 e. The van der Waals surface area contributed by atoms with E-state index in [1.807, 2.05) is 64.1 Å². The lowest BCUT2D eigenvalue weighted by molar-refractivity contribution is -0.117. The van der Waals surface area contributed by atoms with Crippen LogP contribution in [0.15, 0.2) is 36.4 Å². The molecule has 3 rings (SSSR count). The van der Waals surface area contributed by atoms with E-state index < -0.39 is 0 Å². The van der Waals surface area contributed by atoms with Crippen molar-refractivity contribution in [2.45, 2.75) is 46.6 Å². The summed E-state index contributed by atoms with van der Waals surface area (Å²) in [5, 5.41) is 2.97. The molecule has 1 saturated heterocycles.